The van der Waals surface area contributed by atoms with Crippen molar-refractivity contribution in [3.8, 4) is 0 Å². The first-order valence-corrected chi connectivity index (χ1v) is 12.7. The molecule has 0 bridgehead atoms. The van der Waals surface area contributed by atoms with Crippen LogP contribution in [0, 0.1) is 0 Å². The smallest absolute Gasteiger partial charge is 0.263 e. The van der Waals surface area contributed by atoms with E-state index in [2.05, 4.69) is 96.3 Å². The van der Waals surface area contributed by atoms with Crippen molar-refractivity contribution >= 4 is 24.6 Å². The Morgan fingerprint density at radius 1 is 0.867 bits per heavy atom. The van der Waals surface area contributed by atoms with Crippen LogP contribution in [0.25, 0.3) is 0 Å². The minimum atomic E-state index is -2.58. The van der Waals surface area contributed by atoms with Crippen LogP contribution in [0.1, 0.15) is 40.0 Å². The monoisotopic (exact) mass is 417 g/mol. The van der Waals surface area contributed by atoms with Gasteiger partial charge in [0.25, 0.3) is 8.32 Å². The number of rotatable bonds is 7. The molecule has 156 valence electrons. The van der Waals surface area contributed by atoms with Crippen LogP contribution in [-0.4, -0.2) is 31.1 Å². The molecule has 3 aromatic rings. The van der Waals surface area contributed by atoms with Gasteiger partial charge in [0.05, 0.1) is 0 Å². The highest BCUT2D eigenvalue weighted by molar-refractivity contribution is 6.99. The van der Waals surface area contributed by atoms with E-state index in [0.717, 1.165) is 5.95 Å². The summed E-state index contributed by atoms with van der Waals surface area (Å²) in [5.41, 5.74) is 0. The summed E-state index contributed by atoms with van der Waals surface area (Å²) in [6, 6.07) is 23.9. The number of hydrogen-bond donors (Lipinski definition) is 0. The molecule has 5 heteroatoms. The van der Waals surface area contributed by atoms with E-state index in [1.165, 1.54) is 29.6 Å². The van der Waals surface area contributed by atoms with Gasteiger partial charge in [-0.15, -0.1) is 0 Å². The molecule has 30 heavy (non-hydrogen) atoms. The summed E-state index contributed by atoms with van der Waals surface area (Å²) in [6.07, 6.45) is 7.23. The predicted octanol–water partition coefficient (Wildman–Crippen LogP) is 4.37. The minimum absolute atomic E-state index is 0.0431. The van der Waals surface area contributed by atoms with E-state index in [4.69, 9.17) is 4.43 Å². The van der Waals surface area contributed by atoms with Gasteiger partial charge >= 0.3 is 0 Å². The maximum absolute atomic E-state index is 7.12. The van der Waals surface area contributed by atoms with Gasteiger partial charge in [-0.3, -0.25) is 0 Å². The molecule has 4 rings (SSSR count). The van der Waals surface area contributed by atoms with Crippen LogP contribution in [0.4, 0.5) is 5.95 Å². The van der Waals surface area contributed by atoms with Gasteiger partial charge in [0, 0.05) is 18.4 Å². The lowest BCUT2D eigenvalue weighted by Gasteiger charge is -2.45. The number of aromatic nitrogens is 2. The van der Waals surface area contributed by atoms with E-state index in [1.54, 1.807) is 0 Å². The third kappa shape index (κ3) is 3.92. The van der Waals surface area contributed by atoms with Gasteiger partial charge in [-0.2, -0.15) is 0 Å². The molecule has 1 fully saturated rings. The molecule has 0 atom stereocenters. The average molecular weight is 418 g/mol. The molecule has 0 saturated heterocycles. The molecular formula is C25H31N3OSi. The summed E-state index contributed by atoms with van der Waals surface area (Å²) >= 11 is 0. The summed E-state index contributed by atoms with van der Waals surface area (Å²) < 4.78 is 7.12. The van der Waals surface area contributed by atoms with E-state index in [1.807, 2.05) is 18.5 Å². The number of hydrogen-bond acceptors (Lipinski definition) is 4. The summed E-state index contributed by atoms with van der Waals surface area (Å²) in [7, 11) is -2.58. The van der Waals surface area contributed by atoms with Gasteiger partial charge in [-0.1, -0.05) is 81.4 Å². The quantitative estimate of drug-likeness (QED) is 0.423. The zero-order valence-electron chi connectivity index (χ0n) is 18.2. The predicted molar refractivity (Wildman–Crippen MR) is 126 cm³/mol. The van der Waals surface area contributed by atoms with Gasteiger partial charge < -0.3 is 9.33 Å². The van der Waals surface area contributed by atoms with Crippen LogP contribution in [0.2, 0.25) is 5.04 Å². The molecule has 1 aliphatic rings. The zero-order chi connectivity index (χ0) is 21.0. The molecule has 0 N–H and O–H groups in total. The van der Waals surface area contributed by atoms with Gasteiger partial charge in [-0.05, 0) is 40.7 Å². The van der Waals surface area contributed by atoms with Gasteiger partial charge in [0.2, 0.25) is 5.95 Å². The van der Waals surface area contributed by atoms with Crippen LogP contribution >= 0.6 is 0 Å². The van der Waals surface area contributed by atoms with E-state index < -0.39 is 8.32 Å². The Kier molecular flexibility index (Phi) is 6.02. The van der Waals surface area contributed by atoms with Crippen molar-refractivity contribution in [1.29, 1.82) is 0 Å². The molecule has 1 aromatic heterocycles. The summed E-state index contributed by atoms with van der Waals surface area (Å²) in [5.74, 6) is 0.764. The molecular weight excluding hydrogens is 386 g/mol. The lowest BCUT2D eigenvalue weighted by molar-refractivity contribution is 0.251. The minimum Gasteiger partial charge on any atom is -0.390 e. The van der Waals surface area contributed by atoms with Crippen LogP contribution < -0.4 is 15.3 Å². The van der Waals surface area contributed by atoms with E-state index in [0.29, 0.717) is 12.8 Å². The summed E-state index contributed by atoms with van der Waals surface area (Å²) in [6.45, 7) is 7.44. The third-order valence-electron chi connectivity index (χ3n) is 6.16. The topological polar surface area (TPSA) is 38.2 Å². The molecule has 0 spiro atoms. The molecule has 1 aliphatic carbocycles. The Bertz CT molecular complexity index is 885. The fraction of sp³-hybridized carbons (Fsp3) is 0.360. The van der Waals surface area contributed by atoms with Crippen LogP contribution in [0.3, 0.4) is 0 Å². The summed E-state index contributed by atoms with van der Waals surface area (Å²) in [5, 5.41) is 2.55. The van der Waals surface area contributed by atoms with E-state index >= 15 is 0 Å². The zero-order valence-corrected chi connectivity index (χ0v) is 19.2. The second-order valence-corrected chi connectivity index (χ2v) is 13.3. The summed E-state index contributed by atoms with van der Waals surface area (Å²) in [4.78, 5) is 11.3. The Hall–Kier alpha value is -2.50. The normalized spacial score (nSPS) is 14.9. The fourth-order valence-electron chi connectivity index (χ4n) is 4.39. The average Bonchev–Trinajstić information content (AvgIpc) is 2.73. The van der Waals surface area contributed by atoms with E-state index in [-0.39, 0.29) is 5.04 Å². The van der Waals surface area contributed by atoms with Crippen molar-refractivity contribution in [2.75, 3.05) is 11.6 Å². The first kappa shape index (κ1) is 20.8. The maximum atomic E-state index is 7.12. The van der Waals surface area contributed by atoms with E-state index in [9.17, 15) is 0 Å². The fourth-order valence-corrected chi connectivity index (χ4v) is 8.88. The van der Waals surface area contributed by atoms with Crippen molar-refractivity contribution in [1.82, 2.24) is 9.97 Å². The molecule has 1 heterocycles. The maximum Gasteiger partial charge on any atom is 0.263 e. The van der Waals surface area contributed by atoms with Gasteiger partial charge in [0.1, 0.15) is 6.73 Å². The van der Waals surface area contributed by atoms with Crippen molar-refractivity contribution in [3.05, 3.63) is 79.1 Å². The molecule has 0 unspecified atom stereocenters. The Morgan fingerprint density at radius 2 is 1.40 bits per heavy atom. The van der Waals surface area contributed by atoms with Crippen LogP contribution in [0.5, 0.6) is 0 Å². The highest BCUT2D eigenvalue weighted by Gasteiger charge is 2.50. The number of anilines is 1. The highest BCUT2D eigenvalue weighted by Crippen LogP contribution is 2.37. The highest BCUT2D eigenvalue weighted by atomic mass is 28.4. The third-order valence-corrected chi connectivity index (χ3v) is 11.1. The molecule has 4 nitrogen and oxygen atoms in total. The number of nitrogens with zero attached hydrogens (tertiary/aromatic N) is 3. The lowest BCUT2D eigenvalue weighted by atomic mass is 9.92. The van der Waals surface area contributed by atoms with Gasteiger partial charge in [-0.25, -0.2) is 9.97 Å². The molecule has 0 radical (unpaired) electrons. The number of benzene rings is 2. The van der Waals surface area contributed by atoms with Crippen LogP contribution in [-0.2, 0) is 4.43 Å². The molecule has 2 aromatic carbocycles. The molecule has 0 amide bonds. The molecule has 0 aliphatic heterocycles. The Labute approximate surface area is 181 Å². The second-order valence-electron chi connectivity index (χ2n) is 9.04. The standard InChI is InChI=1S/C25H31N3OSi/c1-25(2,3)30(22-14-6-4-7-15-22,23-16-8-5-9-17-23)29-20-28(21-12-10-13-21)24-26-18-11-19-27-24/h4-9,11,14-19,21H,10,12-13,20H2,1-3H3. The van der Waals surface area contributed by atoms with Gasteiger partial charge in [0.15, 0.2) is 0 Å². The molecule has 1 saturated carbocycles. The van der Waals surface area contributed by atoms with Crippen LogP contribution in [0.15, 0.2) is 79.1 Å². The van der Waals surface area contributed by atoms with Crippen molar-refractivity contribution in [2.24, 2.45) is 0 Å². The largest absolute Gasteiger partial charge is 0.390 e. The Balaban J connectivity index is 1.76. The first-order valence-electron chi connectivity index (χ1n) is 10.8. The van der Waals surface area contributed by atoms with Crippen molar-refractivity contribution in [2.45, 2.75) is 51.1 Å². The first-order chi connectivity index (χ1) is 14.5. The second kappa shape index (κ2) is 8.70. The van der Waals surface area contributed by atoms with Crippen molar-refractivity contribution < 1.29 is 4.43 Å². The lowest BCUT2D eigenvalue weighted by Crippen LogP contribution is -2.67. The van der Waals surface area contributed by atoms with Crippen molar-refractivity contribution in [3.63, 3.8) is 0 Å². The Morgan fingerprint density at radius 3 is 1.83 bits per heavy atom. The SMILES string of the molecule is CC(C)(C)[Si](OCN(c1ncccn1)C1CCC1)(c1ccccc1)c1ccccc1.